The van der Waals surface area contributed by atoms with Crippen LogP contribution in [0.1, 0.15) is 60.5 Å². The number of carboxylic acids is 1. The Morgan fingerprint density at radius 2 is 1.59 bits per heavy atom. The quantitative estimate of drug-likeness (QED) is 0.0840. The third-order valence-corrected chi connectivity index (χ3v) is 12.4. The van der Waals surface area contributed by atoms with E-state index < -0.39 is 52.8 Å². The maximum atomic E-state index is 14.1. The maximum Gasteiger partial charge on any atom is 0.490 e. The lowest BCUT2D eigenvalue weighted by Gasteiger charge is -2.34. The Hall–Kier alpha value is -7.30. The highest BCUT2D eigenvalue weighted by Crippen LogP contribution is 2.34. The number of aliphatic carboxylic acids is 1. The number of aryl methyl sites for hydroxylation is 1. The number of fused-ring (bicyclic) bond motifs is 2. The largest absolute Gasteiger partial charge is 0.503 e. The number of hydrogen-bond acceptors (Lipinski definition) is 11. The first-order valence-corrected chi connectivity index (χ1v) is 21.8. The van der Waals surface area contributed by atoms with Crippen LogP contribution in [0.3, 0.4) is 0 Å². The molecule has 0 spiro atoms. The predicted molar refractivity (Wildman–Crippen MR) is 233 cm³/mol. The number of nitrogens with one attached hydrogen (secondary N) is 2. The summed E-state index contributed by atoms with van der Waals surface area (Å²) in [6.45, 7) is 5.04. The van der Waals surface area contributed by atoms with E-state index in [0.29, 0.717) is 24.2 Å². The van der Waals surface area contributed by atoms with E-state index in [9.17, 15) is 45.8 Å². The molecule has 0 unspecified atom stereocenters. The van der Waals surface area contributed by atoms with Crippen molar-refractivity contribution in [3.05, 3.63) is 96.0 Å². The number of aromatic hydroxyl groups is 1. The Bertz CT molecular complexity index is 2840. The van der Waals surface area contributed by atoms with Crippen LogP contribution >= 0.6 is 0 Å². The molecule has 4 aromatic heterocycles. The van der Waals surface area contributed by atoms with Crippen molar-refractivity contribution in [3.63, 3.8) is 0 Å². The predicted octanol–water partition coefficient (Wildman–Crippen LogP) is 6.26. The first-order valence-electron chi connectivity index (χ1n) is 21.8. The molecule has 68 heavy (non-hydrogen) atoms. The van der Waals surface area contributed by atoms with Crippen molar-refractivity contribution in [2.45, 2.75) is 57.2 Å². The molecule has 2 saturated heterocycles. The topological polar surface area (TPSA) is 203 Å². The molecule has 23 heteroatoms. The minimum atomic E-state index is -5.08. The summed E-state index contributed by atoms with van der Waals surface area (Å²) in [6.07, 6.45) is 9.72. The van der Waals surface area contributed by atoms with Crippen molar-refractivity contribution in [1.82, 2.24) is 44.9 Å². The van der Waals surface area contributed by atoms with Crippen molar-refractivity contribution in [2.75, 3.05) is 55.6 Å². The van der Waals surface area contributed by atoms with Crippen LogP contribution in [-0.4, -0.2) is 120 Å². The second kappa shape index (κ2) is 19.9. The van der Waals surface area contributed by atoms with E-state index >= 15 is 0 Å². The molecule has 2 aromatic carbocycles. The lowest BCUT2D eigenvalue weighted by atomic mass is 9.86. The van der Waals surface area contributed by atoms with Gasteiger partial charge in [0.05, 0.1) is 34.5 Å². The normalized spacial score (nSPS) is 18.1. The van der Waals surface area contributed by atoms with E-state index in [2.05, 4.69) is 31.6 Å². The second-order valence-corrected chi connectivity index (χ2v) is 16.8. The smallest absolute Gasteiger partial charge is 0.490 e. The molecule has 17 nitrogen and oxygen atoms in total. The zero-order chi connectivity index (χ0) is 48.3. The number of amides is 4. The van der Waals surface area contributed by atoms with Gasteiger partial charge in [0, 0.05) is 81.4 Å². The first kappa shape index (κ1) is 47.2. The van der Waals surface area contributed by atoms with Crippen molar-refractivity contribution in [1.29, 1.82) is 0 Å². The van der Waals surface area contributed by atoms with E-state index in [0.717, 1.165) is 104 Å². The molecule has 6 aromatic rings. The summed E-state index contributed by atoms with van der Waals surface area (Å²) >= 11 is 0. The molecule has 358 valence electrons. The molecule has 1 saturated carbocycles. The van der Waals surface area contributed by atoms with Crippen molar-refractivity contribution >= 4 is 51.9 Å². The molecule has 3 fully saturated rings. The van der Waals surface area contributed by atoms with Crippen LogP contribution in [0.15, 0.2) is 67.4 Å². The number of alkyl halides is 3. The van der Waals surface area contributed by atoms with Gasteiger partial charge < -0.3 is 20.4 Å². The van der Waals surface area contributed by atoms with Gasteiger partial charge in [-0.25, -0.2) is 32.9 Å². The fraction of sp³-hybridized carbons (Fsp3) is 0.378. The standard InChI is InChI=1S/C43H44F3N11O4.C2HF3O2/c44-33-19-32(38(45)39(46)40(33)59)41(60)47-20-26-3-8-31(9-4-26)56-25-29-7-6-28(18-34(29)52-56)30-21-48-42(49-22-30)54-16-14-53(15-17-54)12-1-2-27-5-10-35-36(23-50-57(35)24-27)55-13-11-37(58)51-43(55)61;3-2(4,5)1(6)7/h5-7,10,18-19,21-26,31,59H,1-4,8-9,11-17,20H2,(H,47,60)(H,51,58,61);(H,6,7). The highest BCUT2D eigenvalue weighted by Gasteiger charge is 2.38. The number of rotatable bonds is 11. The minimum absolute atomic E-state index is 0.116. The van der Waals surface area contributed by atoms with E-state index in [4.69, 9.17) is 25.0 Å². The zero-order valence-corrected chi connectivity index (χ0v) is 36.2. The third kappa shape index (κ3) is 10.6. The van der Waals surface area contributed by atoms with Crippen LogP contribution in [0.2, 0.25) is 0 Å². The lowest BCUT2D eigenvalue weighted by Crippen LogP contribution is -2.49. The van der Waals surface area contributed by atoms with Gasteiger partial charge in [0.25, 0.3) is 5.91 Å². The summed E-state index contributed by atoms with van der Waals surface area (Å²) in [5, 5.41) is 31.7. The van der Waals surface area contributed by atoms with Crippen LogP contribution in [0.25, 0.3) is 27.5 Å². The van der Waals surface area contributed by atoms with Crippen LogP contribution in [0, 0.1) is 23.4 Å². The number of urea groups is 1. The third-order valence-electron chi connectivity index (χ3n) is 12.4. The van der Waals surface area contributed by atoms with Crippen LogP contribution in [0.5, 0.6) is 5.75 Å². The van der Waals surface area contributed by atoms with Crippen molar-refractivity contribution in [3.8, 4) is 16.9 Å². The summed E-state index contributed by atoms with van der Waals surface area (Å²) in [7, 11) is 0. The summed E-state index contributed by atoms with van der Waals surface area (Å²) in [4.78, 5) is 60.9. The summed E-state index contributed by atoms with van der Waals surface area (Å²) in [5.41, 5.74) is 4.63. The Kier molecular flexibility index (Phi) is 13.8. The fourth-order valence-corrected chi connectivity index (χ4v) is 8.57. The number of carbonyl (C=O) groups excluding carboxylic acids is 3. The number of hydrogen-bond donors (Lipinski definition) is 4. The van der Waals surface area contributed by atoms with Crippen LogP contribution < -0.4 is 20.4 Å². The number of phenols is 1. The van der Waals surface area contributed by atoms with Crippen LogP contribution in [-0.2, 0) is 16.0 Å². The van der Waals surface area contributed by atoms with Crippen molar-refractivity contribution in [2.24, 2.45) is 5.92 Å². The van der Waals surface area contributed by atoms with Gasteiger partial charge in [-0.1, -0.05) is 18.2 Å². The van der Waals surface area contributed by atoms with E-state index in [1.165, 1.54) is 0 Å². The molecular formula is C45H45F6N11O6. The number of benzene rings is 2. The Labute approximate surface area is 383 Å². The number of imide groups is 1. The highest BCUT2D eigenvalue weighted by atomic mass is 19.4. The van der Waals surface area contributed by atoms with E-state index in [-0.39, 0.29) is 30.8 Å². The minimum Gasteiger partial charge on any atom is -0.503 e. The Balaban J connectivity index is 0.000000830. The second-order valence-electron chi connectivity index (χ2n) is 16.8. The van der Waals surface area contributed by atoms with Gasteiger partial charge in [-0.3, -0.25) is 29.4 Å². The number of carboxylic acid groups (broad SMARTS) is 1. The number of piperazine rings is 1. The van der Waals surface area contributed by atoms with Gasteiger partial charge >= 0.3 is 18.2 Å². The number of aromatic nitrogens is 6. The van der Waals surface area contributed by atoms with Gasteiger partial charge in [-0.2, -0.15) is 27.8 Å². The summed E-state index contributed by atoms with van der Waals surface area (Å²) in [5.74, 6) is -9.33. The average molecular weight is 950 g/mol. The number of phenolic OH excluding ortho intramolecular Hbond substituents is 1. The summed E-state index contributed by atoms with van der Waals surface area (Å²) < 4.78 is 77.1. The molecule has 4 amide bonds. The highest BCUT2D eigenvalue weighted by molar-refractivity contribution is 6.07. The molecule has 0 bridgehead atoms. The van der Waals surface area contributed by atoms with E-state index in [1.807, 2.05) is 53.7 Å². The number of carbonyl (C=O) groups is 4. The molecule has 4 N–H and O–H groups in total. The molecular weight excluding hydrogens is 905 g/mol. The molecule has 0 radical (unpaired) electrons. The molecule has 0 atom stereocenters. The van der Waals surface area contributed by atoms with Gasteiger partial charge in [-0.15, -0.1) is 0 Å². The number of nitrogens with zero attached hydrogens (tertiary/aromatic N) is 9. The Morgan fingerprint density at radius 1 is 0.868 bits per heavy atom. The van der Waals surface area contributed by atoms with E-state index in [1.54, 1.807) is 15.6 Å². The van der Waals surface area contributed by atoms with Crippen LogP contribution in [0.4, 0.5) is 42.8 Å². The molecule has 2 aliphatic heterocycles. The number of pyridine rings is 1. The summed E-state index contributed by atoms with van der Waals surface area (Å²) in [6, 6.07) is 10.4. The monoisotopic (exact) mass is 949 g/mol. The van der Waals surface area contributed by atoms with Gasteiger partial charge in [0.15, 0.2) is 17.4 Å². The number of anilines is 2. The first-order chi connectivity index (χ1) is 32.5. The lowest BCUT2D eigenvalue weighted by molar-refractivity contribution is -0.192. The molecule has 9 rings (SSSR count). The molecule has 6 heterocycles. The maximum absolute atomic E-state index is 14.1. The molecule has 1 aliphatic carbocycles. The average Bonchev–Trinajstić information content (AvgIpc) is 3.96. The molecule has 3 aliphatic rings. The number of halogens is 6. The SMILES string of the molecule is O=C(O)C(F)(F)F.O=C1CCN(c2cnn3cc(CCCN4CCN(c5ncc(-c6ccc7cn(C8CCC(CNC(=O)c9cc(F)c(O)c(F)c9F)CC8)nc7c6)cn5)CC4)ccc23)C(=O)N1. The zero-order valence-electron chi connectivity index (χ0n) is 36.2. The van der Waals surface area contributed by atoms with Gasteiger partial charge in [0.1, 0.15) is 0 Å². The van der Waals surface area contributed by atoms with Gasteiger partial charge in [-0.05, 0) is 80.3 Å². The van der Waals surface area contributed by atoms with Crippen molar-refractivity contribution < 1.29 is 55.7 Å². The van der Waals surface area contributed by atoms with Gasteiger partial charge in [0.2, 0.25) is 17.7 Å². The Morgan fingerprint density at radius 3 is 2.28 bits per heavy atom. The fourth-order valence-electron chi connectivity index (χ4n) is 8.57.